The molecule has 2 unspecified atom stereocenters. The van der Waals surface area contributed by atoms with Crippen molar-refractivity contribution >= 4 is 23.1 Å². The van der Waals surface area contributed by atoms with E-state index in [1.165, 1.54) is 18.2 Å². The Morgan fingerprint density at radius 3 is 2.14 bits per heavy atom. The lowest BCUT2D eigenvalue weighted by Crippen LogP contribution is -2.47. The second-order valence-electron chi connectivity index (χ2n) is 7.15. The summed E-state index contributed by atoms with van der Waals surface area (Å²) in [5.74, 6) is -1.63. The van der Waals surface area contributed by atoms with Gasteiger partial charge < -0.3 is 9.64 Å². The van der Waals surface area contributed by atoms with Crippen molar-refractivity contribution < 1.29 is 18.7 Å². The number of hydrogen-bond donors (Lipinski definition) is 0. The number of halogens is 1. The van der Waals surface area contributed by atoms with Crippen molar-refractivity contribution in [1.29, 1.82) is 0 Å². The second kappa shape index (κ2) is 7.20. The quantitative estimate of drug-likeness (QED) is 0.768. The van der Waals surface area contributed by atoms with Crippen LogP contribution >= 0.6 is 0 Å². The fraction of sp³-hybridized carbons (Fsp3) is 0.273. The lowest BCUT2D eigenvalue weighted by molar-refractivity contribution is -0.121. The Labute approximate surface area is 163 Å². The summed E-state index contributed by atoms with van der Waals surface area (Å²) in [6.45, 7) is 4.84. The van der Waals surface area contributed by atoms with Crippen molar-refractivity contribution in [3.63, 3.8) is 0 Å². The van der Waals surface area contributed by atoms with Crippen LogP contribution in [0.5, 0.6) is 0 Å². The summed E-state index contributed by atoms with van der Waals surface area (Å²) >= 11 is 0. The Kier molecular flexibility index (Phi) is 4.73. The fourth-order valence-corrected chi connectivity index (χ4v) is 3.89. The molecular formula is C22H21FN2O3. The van der Waals surface area contributed by atoms with Gasteiger partial charge in [-0.1, -0.05) is 42.5 Å². The summed E-state index contributed by atoms with van der Waals surface area (Å²) in [6.07, 6.45) is -0.169. The predicted octanol–water partition coefficient (Wildman–Crippen LogP) is 3.22. The van der Waals surface area contributed by atoms with Gasteiger partial charge in [-0.3, -0.25) is 9.59 Å². The number of benzene rings is 2. The molecule has 5 nitrogen and oxygen atoms in total. The highest BCUT2D eigenvalue weighted by atomic mass is 19.1. The van der Waals surface area contributed by atoms with E-state index in [-0.39, 0.29) is 17.9 Å². The van der Waals surface area contributed by atoms with Crippen LogP contribution < -0.4 is 4.90 Å². The number of morpholine rings is 1. The number of rotatable bonds is 3. The van der Waals surface area contributed by atoms with Crippen molar-refractivity contribution in [2.75, 3.05) is 18.0 Å². The Morgan fingerprint density at radius 1 is 0.893 bits per heavy atom. The molecule has 6 heteroatoms. The van der Waals surface area contributed by atoms with Crippen LogP contribution in [0, 0.1) is 5.82 Å². The first-order valence-corrected chi connectivity index (χ1v) is 9.30. The molecular weight excluding hydrogens is 359 g/mol. The topological polar surface area (TPSA) is 49.9 Å². The third-order valence-corrected chi connectivity index (χ3v) is 4.95. The van der Waals surface area contributed by atoms with Crippen LogP contribution in [0.25, 0.3) is 5.57 Å². The highest BCUT2D eigenvalue weighted by Crippen LogP contribution is 2.36. The first-order chi connectivity index (χ1) is 13.5. The minimum absolute atomic E-state index is 0.0321. The number of ether oxygens (including phenoxy) is 1. The van der Waals surface area contributed by atoms with Crippen molar-refractivity contribution in [1.82, 2.24) is 4.90 Å². The van der Waals surface area contributed by atoms with E-state index in [1.54, 1.807) is 18.2 Å². The molecule has 0 bridgehead atoms. The zero-order chi connectivity index (χ0) is 19.8. The van der Waals surface area contributed by atoms with Gasteiger partial charge in [-0.15, -0.1) is 0 Å². The van der Waals surface area contributed by atoms with Gasteiger partial charge in [0.2, 0.25) is 0 Å². The minimum Gasteiger partial charge on any atom is -0.372 e. The monoisotopic (exact) mass is 380 g/mol. The summed E-state index contributed by atoms with van der Waals surface area (Å²) in [5, 5.41) is 0. The Hall–Kier alpha value is -2.99. The molecule has 0 aliphatic carbocycles. The van der Waals surface area contributed by atoms with E-state index in [4.69, 9.17) is 4.74 Å². The minimum atomic E-state index is -0.610. The highest BCUT2D eigenvalue weighted by molar-refractivity contribution is 6.45. The van der Waals surface area contributed by atoms with Gasteiger partial charge in [-0.2, -0.15) is 0 Å². The first kappa shape index (κ1) is 18.4. The van der Waals surface area contributed by atoms with Crippen LogP contribution in [0.1, 0.15) is 19.4 Å². The molecule has 0 spiro atoms. The van der Waals surface area contributed by atoms with Gasteiger partial charge in [-0.05, 0) is 31.5 Å². The molecule has 1 saturated heterocycles. The molecule has 0 saturated carbocycles. The van der Waals surface area contributed by atoms with E-state index >= 15 is 0 Å². The van der Waals surface area contributed by atoms with Crippen molar-refractivity contribution in [3.05, 3.63) is 71.7 Å². The van der Waals surface area contributed by atoms with Crippen LogP contribution in [-0.4, -0.2) is 42.0 Å². The van der Waals surface area contributed by atoms with Crippen LogP contribution in [-0.2, 0) is 14.3 Å². The molecule has 1 fully saturated rings. The summed E-state index contributed by atoms with van der Waals surface area (Å²) in [6, 6.07) is 14.9. The molecule has 0 N–H and O–H groups in total. The van der Waals surface area contributed by atoms with Gasteiger partial charge >= 0.3 is 0 Å². The summed E-state index contributed by atoms with van der Waals surface area (Å²) in [5.41, 5.74) is 1.22. The van der Waals surface area contributed by atoms with Gasteiger partial charge in [0.15, 0.2) is 0 Å². The van der Waals surface area contributed by atoms with E-state index < -0.39 is 17.6 Å². The second-order valence-corrected chi connectivity index (χ2v) is 7.15. The first-order valence-electron chi connectivity index (χ1n) is 9.30. The van der Waals surface area contributed by atoms with Crippen LogP contribution in [0.4, 0.5) is 10.1 Å². The Balaban J connectivity index is 1.85. The molecule has 144 valence electrons. The van der Waals surface area contributed by atoms with E-state index in [9.17, 15) is 14.0 Å². The smallest absolute Gasteiger partial charge is 0.282 e. The molecule has 2 atom stereocenters. The van der Waals surface area contributed by atoms with E-state index in [0.29, 0.717) is 29.9 Å². The number of nitrogens with zero attached hydrogens (tertiary/aromatic N) is 2. The zero-order valence-electron chi connectivity index (χ0n) is 15.8. The van der Waals surface area contributed by atoms with Crippen molar-refractivity contribution in [3.8, 4) is 0 Å². The van der Waals surface area contributed by atoms with Gasteiger partial charge in [0.1, 0.15) is 11.5 Å². The van der Waals surface area contributed by atoms with Crippen LogP contribution in [0.2, 0.25) is 0 Å². The number of para-hydroxylation sites is 1. The van der Waals surface area contributed by atoms with Crippen LogP contribution in [0.3, 0.4) is 0 Å². The van der Waals surface area contributed by atoms with Gasteiger partial charge in [0.05, 0.1) is 23.5 Å². The number of hydrogen-bond acceptors (Lipinski definition) is 4. The average molecular weight is 380 g/mol. The third-order valence-electron chi connectivity index (χ3n) is 4.95. The number of imide groups is 1. The van der Waals surface area contributed by atoms with E-state index in [2.05, 4.69) is 0 Å². The normalized spacial score (nSPS) is 23.0. The SMILES string of the molecule is CC1CN(C2=C(c3ccccc3)C(=O)N(c3ccccc3F)C2=O)CC(C)O1. The number of amides is 2. The summed E-state index contributed by atoms with van der Waals surface area (Å²) in [4.78, 5) is 29.5. The lowest BCUT2D eigenvalue weighted by atomic mass is 10.0. The molecule has 28 heavy (non-hydrogen) atoms. The Morgan fingerprint density at radius 2 is 1.50 bits per heavy atom. The van der Waals surface area contributed by atoms with E-state index in [0.717, 1.165) is 4.90 Å². The molecule has 2 aromatic rings. The number of carbonyl (C=O) groups is 2. The summed E-state index contributed by atoms with van der Waals surface area (Å²) in [7, 11) is 0. The van der Waals surface area contributed by atoms with Gasteiger partial charge in [-0.25, -0.2) is 9.29 Å². The third kappa shape index (κ3) is 3.10. The summed E-state index contributed by atoms with van der Waals surface area (Å²) < 4.78 is 20.2. The van der Waals surface area contributed by atoms with Crippen molar-refractivity contribution in [2.45, 2.75) is 26.1 Å². The molecule has 2 aliphatic heterocycles. The standard InChI is InChI=1S/C22H21FN2O3/c1-14-12-24(13-15(2)28-14)20-19(16-8-4-3-5-9-16)21(26)25(22(20)27)18-11-7-6-10-17(18)23/h3-11,14-15H,12-13H2,1-2H3. The average Bonchev–Trinajstić information content (AvgIpc) is 2.93. The molecule has 0 radical (unpaired) electrons. The van der Waals surface area contributed by atoms with Crippen LogP contribution in [0.15, 0.2) is 60.3 Å². The maximum Gasteiger partial charge on any atom is 0.282 e. The van der Waals surface area contributed by atoms with Gasteiger partial charge in [0, 0.05) is 13.1 Å². The maximum atomic E-state index is 14.4. The molecule has 2 amide bonds. The number of anilines is 1. The number of carbonyl (C=O) groups excluding carboxylic acids is 2. The lowest BCUT2D eigenvalue weighted by Gasteiger charge is -2.37. The molecule has 0 aromatic heterocycles. The fourth-order valence-electron chi connectivity index (χ4n) is 3.89. The zero-order valence-corrected chi connectivity index (χ0v) is 15.8. The van der Waals surface area contributed by atoms with E-state index in [1.807, 2.05) is 36.9 Å². The molecule has 4 rings (SSSR count). The Bertz CT molecular complexity index is 947. The molecule has 2 aliphatic rings. The van der Waals surface area contributed by atoms with Gasteiger partial charge in [0.25, 0.3) is 11.8 Å². The predicted molar refractivity (Wildman–Crippen MR) is 104 cm³/mol. The molecule has 2 heterocycles. The maximum absolute atomic E-state index is 14.4. The van der Waals surface area contributed by atoms with Crippen molar-refractivity contribution in [2.24, 2.45) is 0 Å². The largest absolute Gasteiger partial charge is 0.372 e. The molecule has 2 aromatic carbocycles. The highest BCUT2D eigenvalue weighted by Gasteiger charge is 2.44.